The van der Waals surface area contributed by atoms with Crippen LogP contribution in [0.1, 0.15) is 32.1 Å². The van der Waals surface area contributed by atoms with Gasteiger partial charge in [-0.25, -0.2) is 0 Å². The van der Waals surface area contributed by atoms with Crippen LogP contribution in [0.2, 0.25) is 0 Å². The van der Waals surface area contributed by atoms with Gasteiger partial charge >= 0.3 is 0 Å². The highest BCUT2D eigenvalue weighted by Crippen LogP contribution is 2.44. The molecule has 0 aromatic heterocycles. The van der Waals surface area contributed by atoms with E-state index in [4.69, 9.17) is 5.73 Å². The molecule has 4 heteroatoms. The zero-order chi connectivity index (χ0) is 10.7. The third-order valence-corrected chi connectivity index (χ3v) is 4.89. The van der Waals surface area contributed by atoms with Crippen molar-refractivity contribution < 1.29 is 4.79 Å². The molecule has 1 atom stereocenters. The molecule has 0 aromatic rings. The number of rotatable bonds is 4. The van der Waals surface area contributed by atoms with E-state index in [1.165, 1.54) is 25.0 Å². The average Bonchev–Trinajstić information content (AvgIpc) is 3.08. The van der Waals surface area contributed by atoms with E-state index >= 15 is 0 Å². The minimum absolute atomic E-state index is 0.181. The number of nitrogens with two attached hydrogens (primary N) is 1. The van der Waals surface area contributed by atoms with Crippen LogP contribution in [-0.2, 0) is 4.79 Å². The maximum atomic E-state index is 11.8. The topological polar surface area (TPSA) is 55.1 Å². The molecular weight excluding hydrogens is 208 g/mol. The molecule has 0 spiro atoms. The van der Waals surface area contributed by atoms with Crippen molar-refractivity contribution in [2.24, 2.45) is 11.1 Å². The Morgan fingerprint density at radius 3 is 2.80 bits per heavy atom. The predicted octanol–water partition coefficient (Wildman–Crippen LogP) is 1.13. The van der Waals surface area contributed by atoms with Gasteiger partial charge in [0, 0.05) is 18.3 Å². The highest BCUT2D eigenvalue weighted by Gasteiger charge is 2.48. The zero-order valence-electron chi connectivity index (χ0n) is 9.13. The standard InChI is InChI=1S/C11H20N2OS/c12-8-11(4-5-11)10(14)13-7-9-3-1-2-6-15-9/h9H,1-8,12H2,(H,13,14). The molecule has 2 rings (SSSR count). The molecule has 15 heavy (non-hydrogen) atoms. The molecule has 1 amide bonds. The predicted molar refractivity (Wildman–Crippen MR) is 63.8 cm³/mol. The first-order valence-electron chi connectivity index (χ1n) is 5.87. The van der Waals surface area contributed by atoms with Crippen LogP contribution in [0.5, 0.6) is 0 Å². The van der Waals surface area contributed by atoms with Crippen molar-refractivity contribution in [3.05, 3.63) is 0 Å². The summed E-state index contributed by atoms with van der Waals surface area (Å²) >= 11 is 2.00. The molecule has 1 heterocycles. The van der Waals surface area contributed by atoms with Crippen molar-refractivity contribution in [1.29, 1.82) is 0 Å². The summed E-state index contributed by atoms with van der Waals surface area (Å²) in [6.07, 6.45) is 5.86. The molecule has 1 aliphatic carbocycles. The second-order valence-electron chi connectivity index (χ2n) is 4.68. The summed E-state index contributed by atoms with van der Waals surface area (Å²) in [7, 11) is 0. The van der Waals surface area contributed by atoms with Crippen molar-refractivity contribution >= 4 is 17.7 Å². The zero-order valence-corrected chi connectivity index (χ0v) is 9.94. The molecule has 1 unspecified atom stereocenters. The summed E-state index contributed by atoms with van der Waals surface area (Å²) < 4.78 is 0. The van der Waals surface area contributed by atoms with Crippen LogP contribution >= 0.6 is 11.8 Å². The molecule has 86 valence electrons. The highest BCUT2D eigenvalue weighted by molar-refractivity contribution is 7.99. The summed E-state index contributed by atoms with van der Waals surface area (Å²) in [5, 5.41) is 3.70. The Morgan fingerprint density at radius 2 is 2.27 bits per heavy atom. The van der Waals surface area contributed by atoms with E-state index in [2.05, 4.69) is 5.32 Å². The van der Waals surface area contributed by atoms with E-state index in [-0.39, 0.29) is 11.3 Å². The Bertz CT molecular complexity index is 235. The molecule has 0 bridgehead atoms. The fourth-order valence-corrected chi connectivity index (χ4v) is 3.28. The minimum atomic E-state index is -0.181. The lowest BCUT2D eigenvalue weighted by Gasteiger charge is -2.22. The Morgan fingerprint density at radius 1 is 1.47 bits per heavy atom. The van der Waals surface area contributed by atoms with Gasteiger partial charge in [0.15, 0.2) is 0 Å². The first-order valence-corrected chi connectivity index (χ1v) is 6.92. The van der Waals surface area contributed by atoms with Gasteiger partial charge < -0.3 is 11.1 Å². The van der Waals surface area contributed by atoms with Gasteiger partial charge in [0.05, 0.1) is 5.41 Å². The Kier molecular flexibility index (Phi) is 3.57. The second kappa shape index (κ2) is 4.74. The molecule has 0 radical (unpaired) electrons. The van der Waals surface area contributed by atoms with E-state index in [9.17, 15) is 4.79 Å². The van der Waals surface area contributed by atoms with Gasteiger partial charge in [-0.05, 0) is 31.4 Å². The van der Waals surface area contributed by atoms with Crippen molar-refractivity contribution in [3.8, 4) is 0 Å². The normalized spacial score (nSPS) is 28.5. The lowest BCUT2D eigenvalue weighted by atomic mass is 10.1. The van der Waals surface area contributed by atoms with Crippen LogP contribution in [0.4, 0.5) is 0 Å². The first-order chi connectivity index (χ1) is 7.27. The quantitative estimate of drug-likeness (QED) is 0.758. The minimum Gasteiger partial charge on any atom is -0.354 e. The van der Waals surface area contributed by atoms with Crippen molar-refractivity contribution in [1.82, 2.24) is 5.32 Å². The number of amides is 1. The van der Waals surface area contributed by atoms with Crippen LogP contribution < -0.4 is 11.1 Å². The fourth-order valence-electron chi connectivity index (χ4n) is 2.04. The Labute approximate surface area is 95.6 Å². The number of hydrogen-bond donors (Lipinski definition) is 2. The third kappa shape index (κ3) is 2.67. The number of hydrogen-bond acceptors (Lipinski definition) is 3. The van der Waals surface area contributed by atoms with Crippen LogP contribution in [0.3, 0.4) is 0 Å². The van der Waals surface area contributed by atoms with Crippen LogP contribution in [0.15, 0.2) is 0 Å². The highest BCUT2D eigenvalue weighted by atomic mass is 32.2. The molecule has 1 saturated heterocycles. The molecule has 2 fully saturated rings. The van der Waals surface area contributed by atoms with E-state index in [1.807, 2.05) is 11.8 Å². The van der Waals surface area contributed by atoms with Crippen LogP contribution in [0, 0.1) is 5.41 Å². The number of carbonyl (C=O) groups is 1. The number of nitrogens with one attached hydrogen (secondary N) is 1. The summed E-state index contributed by atoms with van der Waals surface area (Å²) in [6.45, 7) is 1.35. The molecular formula is C11H20N2OS. The molecule has 3 nitrogen and oxygen atoms in total. The summed E-state index contributed by atoms with van der Waals surface area (Å²) in [5.41, 5.74) is 5.43. The fraction of sp³-hybridized carbons (Fsp3) is 0.909. The van der Waals surface area contributed by atoms with Crippen LogP contribution in [-0.4, -0.2) is 30.0 Å². The van der Waals surface area contributed by atoms with Gasteiger partial charge in [-0.1, -0.05) is 6.42 Å². The van der Waals surface area contributed by atoms with Crippen molar-refractivity contribution in [2.75, 3.05) is 18.8 Å². The third-order valence-electron chi connectivity index (χ3n) is 3.49. The Balaban J connectivity index is 1.70. The second-order valence-corrected chi connectivity index (χ2v) is 6.09. The summed E-state index contributed by atoms with van der Waals surface area (Å²) in [6, 6.07) is 0. The maximum absolute atomic E-state index is 11.8. The largest absolute Gasteiger partial charge is 0.354 e. The first kappa shape index (κ1) is 11.3. The van der Waals surface area contributed by atoms with E-state index in [1.54, 1.807) is 0 Å². The number of carbonyl (C=O) groups excluding carboxylic acids is 1. The lowest BCUT2D eigenvalue weighted by molar-refractivity contribution is -0.125. The number of thioether (sulfide) groups is 1. The van der Waals surface area contributed by atoms with Crippen molar-refractivity contribution in [3.63, 3.8) is 0 Å². The van der Waals surface area contributed by atoms with Gasteiger partial charge in [-0.2, -0.15) is 11.8 Å². The monoisotopic (exact) mass is 228 g/mol. The SMILES string of the molecule is NCC1(C(=O)NCC2CCCCS2)CC1. The van der Waals surface area contributed by atoms with Crippen LogP contribution in [0.25, 0.3) is 0 Å². The smallest absolute Gasteiger partial charge is 0.227 e. The molecule has 1 saturated carbocycles. The van der Waals surface area contributed by atoms with Gasteiger partial charge in [0.1, 0.15) is 0 Å². The molecule has 1 aliphatic heterocycles. The summed E-state index contributed by atoms with van der Waals surface area (Å²) in [4.78, 5) is 11.8. The Hall–Kier alpha value is -0.220. The lowest BCUT2D eigenvalue weighted by Crippen LogP contribution is -2.40. The van der Waals surface area contributed by atoms with Gasteiger partial charge in [-0.3, -0.25) is 4.79 Å². The van der Waals surface area contributed by atoms with Gasteiger partial charge in [-0.15, -0.1) is 0 Å². The maximum Gasteiger partial charge on any atom is 0.227 e. The molecule has 0 aromatic carbocycles. The van der Waals surface area contributed by atoms with Crippen molar-refractivity contribution in [2.45, 2.75) is 37.4 Å². The molecule has 2 aliphatic rings. The van der Waals surface area contributed by atoms with Gasteiger partial charge in [0.2, 0.25) is 5.91 Å². The molecule has 3 N–H and O–H groups in total. The van der Waals surface area contributed by atoms with E-state index in [0.29, 0.717) is 11.8 Å². The van der Waals surface area contributed by atoms with E-state index < -0.39 is 0 Å². The average molecular weight is 228 g/mol. The summed E-state index contributed by atoms with van der Waals surface area (Å²) in [5.74, 6) is 1.44. The van der Waals surface area contributed by atoms with E-state index in [0.717, 1.165) is 19.4 Å². The van der Waals surface area contributed by atoms with Gasteiger partial charge in [0.25, 0.3) is 0 Å².